The normalized spacial score (nSPS) is 11.8. The summed E-state index contributed by atoms with van der Waals surface area (Å²) >= 11 is 1.85. The summed E-state index contributed by atoms with van der Waals surface area (Å²) in [6.07, 6.45) is -3.99. The number of fused-ring (bicyclic) bond motifs is 1. The molecule has 18 heavy (non-hydrogen) atoms. The summed E-state index contributed by atoms with van der Waals surface area (Å²) in [5.41, 5.74) is -1.84. The van der Waals surface area contributed by atoms with E-state index in [2.05, 4.69) is 4.98 Å². The number of carboxylic acid groups (broad SMARTS) is 1. The Morgan fingerprint density at radius 1 is 1.33 bits per heavy atom. The Hall–Kier alpha value is -1.38. The highest BCUT2D eigenvalue weighted by Gasteiger charge is 2.37. The first-order chi connectivity index (χ1) is 8.32. The molecule has 0 unspecified atom stereocenters. The Balaban J connectivity index is 2.95. The van der Waals surface area contributed by atoms with Gasteiger partial charge in [-0.05, 0) is 28.7 Å². The van der Waals surface area contributed by atoms with E-state index in [0.29, 0.717) is 3.57 Å². The molecule has 1 heterocycles. The molecule has 3 nitrogen and oxygen atoms in total. The lowest BCUT2D eigenvalue weighted by molar-refractivity contribution is -0.136. The maximum atomic E-state index is 13.0. The molecule has 1 N–H and O–H groups in total. The van der Waals surface area contributed by atoms with Crippen molar-refractivity contribution in [1.29, 1.82) is 0 Å². The number of aromatic carboxylic acids is 1. The zero-order chi connectivity index (χ0) is 13.5. The average Bonchev–Trinajstić information content (AvgIpc) is 2.26. The molecule has 0 spiro atoms. The van der Waals surface area contributed by atoms with Crippen LogP contribution in [0.1, 0.15) is 15.9 Å². The molecule has 0 amide bonds. The number of carbonyl (C=O) groups is 1. The molecule has 2 rings (SSSR count). The molecule has 0 radical (unpaired) electrons. The molecule has 2 aromatic rings. The fourth-order valence-electron chi connectivity index (χ4n) is 1.65. The van der Waals surface area contributed by atoms with Gasteiger partial charge >= 0.3 is 12.1 Å². The van der Waals surface area contributed by atoms with Crippen LogP contribution in [0.4, 0.5) is 13.2 Å². The van der Waals surface area contributed by atoms with Crippen LogP contribution in [-0.4, -0.2) is 16.1 Å². The zero-order valence-electron chi connectivity index (χ0n) is 8.62. The molecule has 1 aromatic carbocycles. The quantitative estimate of drug-likeness (QED) is 0.785. The monoisotopic (exact) mass is 367 g/mol. The van der Waals surface area contributed by atoms with Crippen molar-refractivity contribution in [1.82, 2.24) is 4.98 Å². The predicted octanol–water partition coefficient (Wildman–Crippen LogP) is 3.56. The summed E-state index contributed by atoms with van der Waals surface area (Å²) in [5.74, 6) is -1.64. The standard InChI is InChI=1S/C11H5F3INO2/c12-11(13,14)8-5-2-1-3-7(15)9(5)16-4-6(8)10(17)18/h1-4H,(H,17,18). The number of rotatable bonds is 1. The van der Waals surface area contributed by atoms with Gasteiger partial charge in [-0.1, -0.05) is 12.1 Å². The number of nitrogens with zero attached hydrogens (tertiary/aromatic N) is 1. The molecule has 0 saturated carbocycles. The molecule has 0 fully saturated rings. The van der Waals surface area contributed by atoms with Crippen molar-refractivity contribution >= 4 is 39.5 Å². The zero-order valence-corrected chi connectivity index (χ0v) is 10.8. The minimum absolute atomic E-state index is 0.149. The average molecular weight is 367 g/mol. The summed E-state index contributed by atoms with van der Waals surface area (Å²) < 4.78 is 39.5. The van der Waals surface area contributed by atoms with Gasteiger partial charge in [0.15, 0.2) is 0 Å². The van der Waals surface area contributed by atoms with E-state index in [1.807, 2.05) is 22.6 Å². The Kier molecular flexibility index (Phi) is 3.18. The van der Waals surface area contributed by atoms with E-state index < -0.39 is 23.3 Å². The third-order valence-corrected chi connectivity index (χ3v) is 3.23. The topological polar surface area (TPSA) is 50.2 Å². The smallest absolute Gasteiger partial charge is 0.417 e. The highest BCUT2D eigenvalue weighted by atomic mass is 127. The van der Waals surface area contributed by atoms with Crippen molar-refractivity contribution in [2.45, 2.75) is 6.18 Å². The van der Waals surface area contributed by atoms with Gasteiger partial charge in [0.1, 0.15) is 0 Å². The van der Waals surface area contributed by atoms with Crippen LogP contribution in [0.5, 0.6) is 0 Å². The molecule has 94 valence electrons. The van der Waals surface area contributed by atoms with Crippen molar-refractivity contribution in [3.05, 3.63) is 39.1 Å². The summed E-state index contributed by atoms with van der Waals surface area (Å²) in [6, 6.07) is 4.27. The van der Waals surface area contributed by atoms with Crippen LogP contribution in [0.3, 0.4) is 0 Å². The summed E-state index contributed by atoms with van der Waals surface area (Å²) in [4.78, 5) is 14.6. The summed E-state index contributed by atoms with van der Waals surface area (Å²) in [7, 11) is 0. The van der Waals surface area contributed by atoms with Crippen molar-refractivity contribution in [2.75, 3.05) is 0 Å². The van der Waals surface area contributed by atoms with Gasteiger partial charge in [0, 0.05) is 15.2 Å². The number of benzene rings is 1. The molecular formula is C11H5F3INO2. The maximum absolute atomic E-state index is 13.0. The van der Waals surface area contributed by atoms with Gasteiger partial charge in [-0.2, -0.15) is 13.2 Å². The number of alkyl halides is 3. The highest BCUT2D eigenvalue weighted by molar-refractivity contribution is 14.1. The van der Waals surface area contributed by atoms with Gasteiger partial charge in [0.2, 0.25) is 0 Å². The van der Waals surface area contributed by atoms with E-state index in [9.17, 15) is 18.0 Å². The van der Waals surface area contributed by atoms with Gasteiger partial charge in [-0.3, -0.25) is 4.98 Å². The largest absolute Gasteiger partial charge is 0.478 e. The van der Waals surface area contributed by atoms with Crippen LogP contribution in [-0.2, 0) is 6.18 Å². The van der Waals surface area contributed by atoms with Crippen LogP contribution in [0.15, 0.2) is 24.4 Å². The molecule has 0 aliphatic carbocycles. The number of carboxylic acids is 1. The van der Waals surface area contributed by atoms with Crippen molar-refractivity contribution in [3.63, 3.8) is 0 Å². The number of hydrogen-bond acceptors (Lipinski definition) is 2. The van der Waals surface area contributed by atoms with Crippen molar-refractivity contribution < 1.29 is 23.1 Å². The first-order valence-electron chi connectivity index (χ1n) is 4.70. The van der Waals surface area contributed by atoms with Gasteiger partial charge in [-0.25, -0.2) is 4.79 Å². The minimum Gasteiger partial charge on any atom is -0.478 e. The Labute approximate surface area is 113 Å². The van der Waals surface area contributed by atoms with Crippen LogP contribution in [0.25, 0.3) is 10.9 Å². The predicted molar refractivity (Wildman–Crippen MR) is 66.4 cm³/mol. The van der Waals surface area contributed by atoms with E-state index in [0.717, 1.165) is 6.20 Å². The number of pyridine rings is 1. The first-order valence-corrected chi connectivity index (χ1v) is 5.78. The molecule has 0 atom stereocenters. The van der Waals surface area contributed by atoms with E-state index in [1.165, 1.54) is 12.1 Å². The highest BCUT2D eigenvalue weighted by Crippen LogP contribution is 2.37. The molecule has 0 bridgehead atoms. The lowest BCUT2D eigenvalue weighted by atomic mass is 10.0. The van der Waals surface area contributed by atoms with Crippen LogP contribution in [0.2, 0.25) is 0 Å². The summed E-state index contributed by atoms with van der Waals surface area (Å²) in [5, 5.41) is 8.62. The maximum Gasteiger partial charge on any atom is 0.417 e. The number of aromatic nitrogens is 1. The van der Waals surface area contributed by atoms with E-state index in [1.54, 1.807) is 6.07 Å². The number of halogens is 4. The molecule has 7 heteroatoms. The second-order valence-corrected chi connectivity index (χ2v) is 4.65. The van der Waals surface area contributed by atoms with Crippen LogP contribution >= 0.6 is 22.6 Å². The van der Waals surface area contributed by atoms with Gasteiger partial charge in [0.05, 0.1) is 16.6 Å². The van der Waals surface area contributed by atoms with Gasteiger partial charge < -0.3 is 5.11 Å². The van der Waals surface area contributed by atoms with Gasteiger partial charge in [0.25, 0.3) is 0 Å². The Bertz CT molecular complexity index is 640. The SMILES string of the molecule is O=C(O)c1cnc2c(I)cccc2c1C(F)(F)F. The van der Waals surface area contributed by atoms with E-state index in [-0.39, 0.29) is 10.9 Å². The molecular weight excluding hydrogens is 362 g/mol. The van der Waals surface area contributed by atoms with Crippen LogP contribution in [0, 0.1) is 3.57 Å². The fourth-order valence-corrected chi connectivity index (χ4v) is 2.29. The second-order valence-electron chi connectivity index (χ2n) is 3.49. The number of hydrogen-bond donors (Lipinski definition) is 1. The van der Waals surface area contributed by atoms with Crippen LogP contribution < -0.4 is 0 Å². The minimum atomic E-state index is -4.74. The molecule has 0 aliphatic rings. The lowest BCUT2D eigenvalue weighted by Gasteiger charge is -2.13. The molecule has 0 saturated heterocycles. The summed E-state index contributed by atoms with van der Waals surface area (Å²) in [6.45, 7) is 0. The van der Waals surface area contributed by atoms with Gasteiger partial charge in [-0.15, -0.1) is 0 Å². The lowest BCUT2D eigenvalue weighted by Crippen LogP contribution is -2.14. The third kappa shape index (κ3) is 2.14. The molecule has 0 aliphatic heterocycles. The fraction of sp³-hybridized carbons (Fsp3) is 0.0909. The third-order valence-electron chi connectivity index (χ3n) is 2.36. The van der Waals surface area contributed by atoms with E-state index in [4.69, 9.17) is 5.11 Å². The second kappa shape index (κ2) is 4.38. The Morgan fingerprint density at radius 3 is 2.56 bits per heavy atom. The van der Waals surface area contributed by atoms with Crippen molar-refractivity contribution in [2.24, 2.45) is 0 Å². The van der Waals surface area contributed by atoms with Crippen molar-refractivity contribution in [3.8, 4) is 0 Å². The molecule has 1 aromatic heterocycles. The van der Waals surface area contributed by atoms with E-state index >= 15 is 0 Å². The number of para-hydroxylation sites is 1. The Morgan fingerprint density at radius 2 is 2.00 bits per heavy atom. The first kappa shape index (κ1) is 13.1.